The summed E-state index contributed by atoms with van der Waals surface area (Å²) in [5, 5.41) is 11.3. The van der Waals surface area contributed by atoms with Crippen LogP contribution in [0.5, 0.6) is 0 Å². The van der Waals surface area contributed by atoms with Crippen LogP contribution < -0.4 is 5.69 Å². The third-order valence-electron chi connectivity index (χ3n) is 3.52. The zero-order valence-corrected chi connectivity index (χ0v) is 13.1. The van der Waals surface area contributed by atoms with E-state index in [1.807, 2.05) is 29.6 Å². The van der Waals surface area contributed by atoms with Gasteiger partial charge in [0.05, 0.1) is 23.3 Å². The van der Waals surface area contributed by atoms with Gasteiger partial charge in [-0.1, -0.05) is 29.8 Å². The van der Waals surface area contributed by atoms with Crippen LogP contribution in [-0.2, 0) is 6.54 Å². The van der Waals surface area contributed by atoms with E-state index < -0.39 is 0 Å². The number of halogens is 1. The summed E-state index contributed by atoms with van der Waals surface area (Å²) in [7, 11) is 0. The molecule has 1 saturated carbocycles. The van der Waals surface area contributed by atoms with E-state index >= 15 is 0 Å². The number of benzene rings is 1. The van der Waals surface area contributed by atoms with Gasteiger partial charge in [-0.05, 0) is 29.3 Å². The fourth-order valence-electron chi connectivity index (χ4n) is 2.23. The molecule has 1 fully saturated rings. The molecular weight excluding hydrogens is 322 g/mol. The van der Waals surface area contributed by atoms with Crippen LogP contribution >= 0.6 is 22.9 Å². The average Bonchev–Trinajstić information content (AvgIpc) is 3.15. The Kier molecular flexibility index (Phi) is 3.31. The summed E-state index contributed by atoms with van der Waals surface area (Å²) in [6, 6.07) is 7.81. The number of tetrazole rings is 1. The maximum absolute atomic E-state index is 12.1. The summed E-state index contributed by atoms with van der Waals surface area (Å²) >= 11 is 7.69. The van der Waals surface area contributed by atoms with Gasteiger partial charge in [-0.25, -0.2) is 9.78 Å². The van der Waals surface area contributed by atoms with E-state index in [9.17, 15) is 4.79 Å². The number of aromatic nitrogens is 5. The average molecular weight is 334 g/mol. The molecule has 0 saturated heterocycles. The zero-order valence-electron chi connectivity index (χ0n) is 11.5. The van der Waals surface area contributed by atoms with Gasteiger partial charge in [0.25, 0.3) is 0 Å². The summed E-state index contributed by atoms with van der Waals surface area (Å²) in [5.41, 5.74) is 1.51. The van der Waals surface area contributed by atoms with Crippen molar-refractivity contribution < 1.29 is 0 Å². The predicted molar refractivity (Wildman–Crippen MR) is 84.2 cm³/mol. The van der Waals surface area contributed by atoms with Crippen molar-refractivity contribution in [3.63, 3.8) is 0 Å². The van der Waals surface area contributed by atoms with Crippen molar-refractivity contribution in [2.75, 3.05) is 0 Å². The summed E-state index contributed by atoms with van der Waals surface area (Å²) in [6.07, 6.45) is 2.01. The molecule has 1 aliphatic carbocycles. The lowest BCUT2D eigenvalue weighted by molar-refractivity contribution is 0.593. The number of hydrogen-bond donors (Lipinski definition) is 0. The maximum atomic E-state index is 12.1. The standard InChI is InChI=1S/C14H12ClN5OS/c15-12-4-2-1-3-11(12)13-16-9(8-22-13)7-19-14(21)20(18-17-19)10-5-6-10/h1-4,8,10H,5-7H2. The highest BCUT2D eigenvalue weighted by Gasteiger charge is 2.28. The molecule has 22 heavy (non-hydrogen) atoms. The van der Waals surface area contributed by atoms with Crippen molar-refractivity contribution in [3.8, 4) is 10.6 Å². The van der Waals surface area contributed by atoms with Gasteiger partial charge in [-0.2, -0.15) is 9.36 Å². The first kappa shape index (κ1) is 13.7. The first-order valence-electron chi connectivity index (χ1n) is 6.94. The maximum Gasteiger partial charge on any atom is 0.364 e. The summed E-state index contributed by atoms with van der Waals surface area (Å²) in [4.78, 5) is 16.7. The van der Waals surface area contributed by atoms with Crippen molar-refractivity contribution in [1.29, 1.82) is 0 Å². The van der Waals surface area contributed by atoms with Crippen LogP contribution in [0.15, 0.2) is 34.4 Å². The molecule has 6 nitrogen and oxygen atoms in total. The second kappa shape index (κ2) is 5.33. The van der Waals surface area contributed by atoms with Gasteiger partial charge in [0, 0.05) is 10.9 Å². The Balaban J connectivity index is 1.60. The first-order valence-corrected chi connectivity index (χ1v) is 8.20. The van der Waals surface area contributed by atoms with Crippen LogP contribution in [0.25, 0.3) is 10.6 Å². The zero-order chi connectivity index (χ0) is 15.1. The van der Waals surface area contributed by atoms with E-state index in [0.717, 1.165) is 29.1 Å². The topological polar surface area (TPSA) is 65.6 Å². The van der Waals surface area contributed by atoms with Gasteiger partial charge in [0.15, 0.2) is 0 Å². The van der Waals surface area contributed by atoms with Gasteiger partial charge >= 0.3 is 5.69 Å². The molecule has 0 aliphatic heterocycles. The highest BCUT2D eigenvalue weighted by Crippen LogP contribution is 2.32. The number of nitrogens with zero attached hydrogens (tertiary/aromatic N) is 5. The van der Waals surface area contributed by atoms with Gasteiger partial charge in [-0.3, -0.25) is 0 Å². The van der Waals surface area contributed by atoms with Crippen LogP contribution in [0.3, 0.4) is 0 Å². The molecule has 2 aromatic heterocycles. The Morgan fingerprint density at radius 3 is 2.86 bits per heavy atom. The Hall–Kier alpha value is -1.99. The largest absolute Gasteiger partial charge is 0.364 e. The molecule has 0 N–H and O–H groups in total. The van der Waals surface area contributed by atoms with Gasteiger partial charge < -0.3 is 0 Å². The van der Waals surface area contributed by atoms with Crippen LogP contribution in [0.4, 0.5) is 0 Å². The van der Waals surface area contributed by atoms with Gasteiger partial charge in [0.1, 0.15) is 5.01 Å². The van der Waals surface area contributed by atoms with Crippen LogP contribution in [0, 0.1) is 0 Å². The molecule has 0 radical (unpaired) electrons. The number of rotatable bonds is 4. The summed E-state index contributed by atoms with van der Waals surface area (Å²) < 4.78 is 2.81. The molecule has 4 rings (SSSR count). The molecule has 8 heteroatoms. The van der Waals surface area contributed by atoms with Crippen molar-refractivity contribution in [2.45, 2.75) is 25.4 Å². The van der Waals surface area contributed by atoms with E-state index in [2.05, 4.69) is 15.4 Å². The highest BCUT2D eigenvalue weighted by atomic mass is 35.5. The van der Waals surface area contributed by atoms with Crippen LogP contribution in [-0.4, -0.2) is 24.8 Å². The normalized spacial score (nSPS) is 14.4. The minimum absolute atomic E-state index is 0.171. The smallest absolute Gasteiger partial charge is 0.244 e. The van der Waals surface area contributed by atoms with E-state index in [1.165, 1.54) is 20.7 Å². The molecule has 1 aliphatic rings. The fourth-order valence-corrected chi connectivity index (χ4v) is 3.36. The molecule has 112 valence electrons. The minimum atomic E-state index is -0.171. The Labute approximate surface area is 135 Å². The van der Waals surface area contributed by atoms with E-state index in [4.69, 9.17) is 11.6 Å². The SMILES string of the molecule is O=c1n(Cc2csc(-c3ccccc3Cl)n2)nnn1C1CC1. The molecular formula is C14H12ClN5OS. The predicted octanol–water partition coefficient (Wildman–Crippen LogP) is 2.60. The molecule has 0 bridgehead atoms. The van der Waals surface area contributed by atoms with Crippen LogP contribution in [0.1, 0.15) is 24.6 Å². The van der Waals surface area contributed by atoms with Crippen LogP contribution in [0.2, 0.25) is 5.02 Å². The molecule has 2 heterocycles. The Morgan fingerprint density at radius 1 is 1.27 bits per heavy atom. The monoisotopic (exact) mass is 333 g/mol. The summed E-state index contributed by atoms with van der Waals surface area (Å²) in [6.45, 7) is 0.326. The van der Waals surface area contributed by atoms with Gasteiger partial charge in [-0.15, -0.1) is 11.3 Å². The first-order chi connectivity index (χ1) is 10.7. The Morgan fingerprint density at radius 2 is 2.09 bits per heavy atom. The van der Waals surface area contributed by atoms with Crippen molar-refractivity contribution in [3.05, 3.63) is 50.8 Å². The number of hydrogen-bond acceptors (Lipinski definition) is 5. The van der Waals surface area contributed by atoms with Crippen molar-refractivity contribution >= 4 is 22.9 Å². The summed E-state index contributed by atoms with van der Waals surface area (Å²) in [5.74, 6) is 0. The Bertz CT molecular complexity index is 879. The molecule has 0 amide bonds. The quantitative estimate of drug-likeness (QED) is 0.736. The van der Waals surface area contributed by atoms with Crippen molar-refractivity contribution in [2.24, 2.45) is 0 Å². The third kappa shape index (κ3) is 2.46. The van der Waals surface area contributed by atoms with E-state index in [1.54, 1.807) is 0 Å². The van der Waals surface area contributed by atoms with Gasteiger partial charge in [0.2, 0.25) is 0 Å². The number of thiazole rings is 1. The molecule has 0 spiro atoms. The third-order valence-corrected chi connectivity index (χ3v) is 4.78. The lowest BCUT2D eigenvalue weighted by Gasteiger charge is -1.98. The molecule has 1 aromatic carbocycles. The van der Waals surface area contributed by atoms with E-state index in [0.29, 0.717) is 11.6 Å². The lowest BCUT2D eigenvalue weighted by Crippen LogP contribution is -2.25. The molecule has 0 unspecified atom stereocenters. The van der Waals surface area contributed by atoms with Crippen molar-refractivity contribution in [1.82, 2.24) is 24.8 Å². The lowest BCUT2D eigenvalue weighted by atomic mass is 10.2. The molecule has 0 atom stereocenters. The highest BCUT2D eigenvalue weighted by molar-refractivity contribution is 7.13. The fraction of sp³-hybridized carbons (Fsp3) is 0.286. The molecule has 3 aromatic rings. The van der Waals surface area contributed by atoms with E-state index in [-0.39, 0.29) is 11.7 Å². The second-order valence-corrected chi connectivity index (χ2v) is 6.48. The minimum Gasteiger partial charge on any atom is -0.244 e. The second-order valence-electron chi connectivity index (χ2n) is 5.22.